The summed E-state index contributed by atoms with van der Waals surface area (Å²) in [4.78, 5) is 40.8. The van der Waals surface area contributed by atoms with E-state index in [-0.39, 0.29) is 17.7 Å². The average Bonchev–Trinajstić information content (AvgIpc) is 2.93. The second kappa shape index (κ2) is 8.71. The van der Waals surface area contributed by atoms with Gasteiger partial charge in [0.1, 0.15) is 0 Å². The van der Waals surface area contributed by atoms with Crippen molar-refractivity contribution in [2.24, 2.45) is 0 Å². The average molecular weight is 375 g/mol. The summed E-state index contributed by atoms with van der Waals surface area (Å²) in [6.07, 6.45) is 1.94. The van der Waals surface area contributed by atoms with Crippen LogP contribution in [0.2, 0.25) is 0 Å². The third-order valence-corrected chi connectivity index (χ3v) is 4.54. The van der Waals surface area contributed by atoms with Crippen molar-refractivity contribution in [3.63, 3.8) is 0 Å². The van der Waals surface area contributed by atoms with E-state index >= 15 is 0 Å². The Morgan fingerprint density at radius 3 is 2.15 bits per heavy atom. The van der Waals surface area contributed by atoms with Crippen LogP contribution in [-0.2, 0) is 9.47 Å². The van der Waals surface area contributed by atoms with Crippen molar-refractivity contribution < 1.29 is 23.9 Å². The molecule has 0 aliphatic heterocycles. The summed E-state index contributed by atoms with van der Waals surface area (Å²) in [5, 5.41) is 0. The quantitative estimate of drug-likeness (QED) is 0.452. The smallest absolute Gasteiger partial charge is 0.340 e. The fourth-order valence-corrected chi connectivity index (χ4v) is 3.01. The number of hydrogen-bond donors (Lipinski definition) is 1. The van der Waals surface area contributed by atoms with E-state index in [2.05, 4.69) is 4.98 Å². The summed E-state index contributed by atoms with van der Waals surface area (Å²) in [6.45, 7) is 4.82. The van der Waals surface area contributed by atoms with E-state index in [0.717, 1.165) is 4.90 Å². The predicted molar refractivity (Wildman–Crippen MR) is 99.1 cm³/mol. The molecule has 0 saturated heterocycles. The van der Waals surface area contributed by atoms with Crippen LogP contribution in [0.25, 0.3) is 0 Å². The molecule has 2 rings (SSSR count). The molecule has 1 heterocycles. The second-order valence-electron chi connectivity index (χ2n) is 5.57. The molecule has 0 amide bonds. The molecule has 0 aliphatic rings. The minimum Gasteiger partial charge on any atom is -0.462 e. The molecule has 0 unspecified atom stereocenters. The summed E-state index contributed by atoms with van der Waals surface area (Å²) in [5.74, 6) is -1.62. The molecule has 0 spiro atoms. The van der Waals surface area contributed by atoms with E-state index in [4.69, 9.17) is 9.47 Å². The number of esters is 2. The van der Waals surface area contributed by atoms with Crippen molar-refractivity contribution in [1.29, 1.82) is 0 Å². The Labute approximate surface area is 156 Å². The molecule has 7 heteroatoms. The number of ether oxygens (including phenoxy) is 2. The molecule has 1 aromatic carbocycles. The van der Waals surface area contributed by atoms with E-state index in [1.165, 1.54) is 0 Å². The highest BCUT2D eigenvalue weighted by Crippen LogP contribution is 2.21. The SMILES string of the molecule is CCOC(=O)c1c(C)[nH]c(C)c1C(=O)COC(=O)c1ccc(SC)cc1. The number of ketones is 1. The second-order valence-corrected chi connectivity index (χ2v) is 6.45. The zero-order valence-electron chi connectivity index (χ0n) is 15.2. The predicted octanol–water partition coefficient (Wildman–Crippen LogP) is 3.57. The van der Waals surface area contributed by atoms with Crippen LogP contribution in [0.1, 0.15) is 49.4 Å². The van der Waals surface area contributed by atoms with Crippen LogP contribution < -0.4 is 0 Å². The molecule has 0 fully saturated rings. The van der Waals surface area contributed by atoms with E-state index in [9.17, 15) is 14.4 Å². The topological polar surface area (TPSA) is 85.5 Å². The van der Waals surface area contributed by atoms with E-state index < -0.39 is 24.3 Å². The van der Waals surface area contributed by atoms with Crippen molar-refractivity contribution in [1.82, 2.24) is 4.98 Å². The van der Waals surface area contributed by atoms with Crippen molar-refractivity contribution in [2.75, 3.05) is 19.5 Å². The third-order valence-electron chi connectivity index (χ3n) is 3.79. The molecular weight excluding hydrogens is 354 g/mol. The third kappa shape index (κ3) is 4.35. The highest BCUT2D eigenvalue weighted by atomic mass is 32.2. The Kier molecular flexibility index (Phi) is 6.63. The summed E-state index contributed by atoms with van der Waals surface area (Å²) < 4.78 is 10.1. The number of aryl methyl sites for hydroxylation is 2. The zero-order valence-corrected chi connectivity index (χ0v) is 16.0. The van der Waals surface area contributed by atoms with Gasteiger partial charge in [-0.2, -0.15) is 0 Å². The molecule has 1 N–H and O–H groups in total. The number of thioether (sulfide) groups is 1. The standard InChI is InChI=1S/C19H21NO5S/c1-5-24-19(23)17-12(3)20-11(2)16(17)15(21)10-25-18(22)13-6-8-14(26-4)9-7-13/h6-9,20H,5,10H2,1-4H3. The lowest BCUT2D eigenvalue weighted by molar-refractivity contribution is 0.0472. The van der Waals surface area contributed by atoms with Gasteiger partial charge < -0.3 is 14.5 Å². The maximum atomic E-state index is 12.5. The van der Waals surface area contributed by atoms with Gasteiger partial charge in [-0.05, 0) is 51.3 Å². The molecule has 2 aromatic rings. The van der Waals surface area contributed by atoms with Gasteiger partial charge in [0.25, 0.3) is 0 Å². The summed E-state index contributed by atoms with van der Waals surface area (Å²) in [6, 6.07) is 6.91. The van der Waals surface area contributed by atoms with E-state index in [0.29, 0.717) is 17.0 Å². The van der Waals surface area contributed by atoms with Gasteiger partial charge in [0.15, 0.2) is 6.61 Å². The summed E-state index contributed by atoms with van der Waals surface area (Å²) >= 11 is 1.56. The Hall–Kier alpha value is -2.54. The molecule has 6 nitrogen and oxygen atoms in total. The minimum absolute atomic E-state index is 0.190. The number of rotatable bonds is 7. The monoisotopic (exact) mass is 375 g/mol. The van der Waals surface area contributed by atoms with Crippen LogP contribution >= 0.6 is 11.8 Å². The van der Waals surface area contributed by atoms with Gasteiger partial charge in [0.2, 0.25) is 5.78 Å². The maximum absolute atomic E-state index is 12.5. The fourth-order valence-electron chi connectivity index (χ4n) is 2.60. The molecule has 0 saturated carbocycles. The first-order chi connectivity index (χ1) is 12.4. The molecule has 0 bridgehead atoms. The van der Waals surface area contributed by atoms with E-state index in [1.54, 1.807) is 44.7 Å². The van der Waals surface area contributed by atoms with Gasteiger partial charge in [-0.15, -0.1) is 11.8 Å². The van der Waals surface area contributed by atoms with E-state index in [1.807, 2.05) is 18.4 Å². The Balaban J connectivity index is 2.12. The van der Waals surface area contributed by atoms with Crippen LogP contribution in [0, 0.1) is 13.8 Å². The molecule has 138 valence electrons. The van der Waals surface area contributed by atoms with Gasteiger partial charge in [-0.3, -0.25) is 4.79 Å². The van der Waals surface area contributed by atoms with Crippen molar-refractivity contribution in [2.45, 2.75) is 25.7 Å². The number of aromatic amines is 1. The van der Waals surface area contributed by atoms with Crippen LogP contribution in [0.3, 0.4) is 0 Å². The number of benzene rings is 1. The number of hydrogen-bond acceptors (Lipinski definition) is 6. The number of carbonyl (C=O) groups is 3. The first-order valence-electron chi connectivity index (χ1n) is 8.09. The molecule has 0 aliphatic carbocycles. The summed E-state index contributed by atoms with van der Waals surface area (Å²) in [7, 11) is 0. The lowest BCUT2D eigenvalue weighted by Gasteiger charge is -2.07. The van der Waals surface area contributed by atoms with Crippen LogP contribution in [0.5, 0.6) is 0 Å². The summed E-state index contributed by atoms with van der Waals surface area (Å²) in [5.41, 5.74) is 1.84. The van der Waals surface area contributed by atoms with Crippen LogP contribution in [0.15, 0.2) is 29.2 Å². The Morgan fingerprint density at radius 2 is 1.58 bits per heavy atom. The molecule has 0 atom stereocenters. The van der Waals surface area contributed by atoms with Gasteiger partial charge in [-0.1, -0.05) is 0 Å². The maximum Gasteiger partial charge on any atom is 0.340 e. The minimum atomic E-state index is -0.589. The molecule has 0 radical (unpaired) electrons. The normalized spacial score (nSPS) is 10.5. The highest BCUT2D eigenvalue weighted by Gasteiger charge is 2.26. The molecule has 1 aromatic heterocycles. The lowest BCUT2D eigenvalue weighted by atomic mass is 10.1. The van der Waals surface area contributed by atoms with Crippen LogP contribution in [0.4, 0.5) is 0 Å². The Morgan fingerprint density at radius 1 is 0.962 bits per heavy atom. The number of carbonyl (C=O) groups excluding carboxylic acids is 3. The lowest BCUT2D eigenvalue weighted by Crippen LogP contribution is -2.18. The van der Waals surface area contributed by atoms with Gasteiger partial charge in [-0.25, -0.2) is 9.59 Å². The first kappa shape index (κ1) is 19.8. The van der Waals surface area contributed by atoms with Crippen molar-refractivity contribution >= 4 is 29.5 Å². The van der Waals surface area contributed by atoms with Crippen molar-refractivity contribution in [3.05, 3.63) is 52.3 Å². The van der Waals surface area contributed by atoms with Gasteiger partial charge >= 0.3 is 11.9 Å². The van der Waals surface area contributed by atoms with Gasteiger partial charge in [0.05, 0.1) is 23.3 Å². The first-order valence-corrected chi connectivity index (χ1v) is 9.32. The zero-order chi connectivity index (χ0) is 19.3. The molecule has 26 heavy (non-hydrogen) atoms. The Bertz CT molecular complexity index is 823. The number of nitrogens with one attached hydrogen (secondary N) is 1. The largest absolute Gasteiger partial charge is 0.462 e. The fraction of sp³-hybridized carbons (Fsp3) is 0.316. The number of H-pyrrole nitrogens is 1. The molecular formula is C19H21NO5S. The van der Waals surface area contributed by atoms with Crippen LogP contribution in [-0.4, -0.2) is 42.2 Å². The number of aromatic nitrogens is 1. The number of Topliss-reactive ketones (excluding diaryl/α,β-unsaturated/α-hetero) is 1. The highest BCUT2D eigenvalue weighted by molar-refractivity contribution is 7.98. The van der Waals surface area contributed by atoms with Crippen molar-refractivity contribution in [3.8, 4) is 0 Å². The van der Waals surface area contributed by atoms with Gasteiger partial charge in [0, 0.05) is 16.3 Å².